The van der Waals surface area contributed by atoms with Crippen molar-refractivity contribution >= 4 is 15.9 Å². The summed E-state index contributed by atoms with van der Waals surface area (Å²) in [5.41, 5.74) is 0. The summed E-state index contributed by atoms with van der Waals surface area (Å²) in [6, 6.07) is 0. The molecule has 1 aliphatic rings. The van der Waals surface area contributed by atoms with E-state index in [9.17, 15) is 4.39 Å². The van der Waals surface area contributed by atoms with Crippen LogP contribution in [0.1, 0.15) is 26.2 Å². The average molecular weight is 211 g/mol. The Hall–Kier alpha value is 0.370. The van der Waals surface area contributed by atoms with Gasteiger partial charge in [-0.25, -0.2) is 4.39 Å². The van der Waals surface area contributed by atoms with Gasteiger partial charge < -0.3 is 4.74 Å². The van der Waals surface area contributed by atoms with E-state index in [-0.39, 0.29) is 6.10 Å². The summed E-state index contributed by atoms with van der Waals surface area (Å²) in [5.74, 6) is 0. The summed E-state index contributed by atoms with van der Waals surface area (Å²) in [6.45, 7) is 2.78. The third-order valence-corrected chi connectivity index (χ3v) is 2.42. The Balaban J connectivity index is 1.97. The van der Waals surface area contributed by atoms with Crippen molar-refractivity contribution in [2.45, 2.75) is 36.9 Å². The van der Waals surface area contributed by atoms with Crippen LogP contribution in [-0.2, 0) is 4.74 Å². The summed E-state index contributed by atoms with van der Waals surface area (Å²) in [7, 11) is 0. The first-order chi connectivity index (χ1) is 4.67. The van der Waals surface area contributed by atoms with E-state index in [1.54, 1.807) is 0 Å². The molecule has 1 saturated carbocycles. The third kappa shape index (κ3) is 2.20. The summed E-state index contributed by atoms with van der Waals surface area (Å²) < 4.78 is 16.7. The standard InChI is InChI=1S/C7H12BrFO/c1-2-3-4-10-6-5-7(6,8)9/h6H,2-5H2,1H3. The molecule has 1 rings (SSSR count). The second kappa shape index (κ2) is 3.18. The number of hydrogen-bond acceptors (Lipinski definition) is 1. The topological polar surface area (TPSA) is 9.23 Å². The van der Waals surface area contributed by atoms with Crippen LogP contribution in [0.3, 0.4) is 0 Å². The minimum absolute atomic E-state index is 0.181. The normalized spacial score (nSPS) is 38.1. The summed E-state index contributed by atoms with van der Waals surface area (Å²) in [6.07, 6.45) is 2.46. The number of halogens is 2. The number of unbranched alkanes of at least 4 members (excludes halogenated alkanes) is 1. The van der Waals surface area contributed by atoms with Crippen LogP contribution in [0.15, 0.2) is 0 Å². The van der Waals surface area contributed by atoms with Gasteiger partial charge >= 0.3 is 0 Å². The molecule has 1 nitrogen and oxygen atoms in total. The molecular weight excluding hydrogens is 199 g/mol. The van der Waals surface area contributed by atoms with Gasteiger partial charge in [0, 0.05) is 13.0 Å². The second-order valence-electron chi connectivity index (χ2n) is 2.68. The molecule has 2 atom stereocenters. The lowest BCUT2D eigenvalue weighted by Crippen LogP contribution is -2.03. The lowest BCUT2D eigenvalue weighted by atomic mass is 10.4. The first kappa shape index (κ1) is 8.47. The molecule has 0 spiro atoms. The molecule has 60 valence electrons. The van der Waals surface area contributed by atoms with Crippen molar-refractivity contribution in [3.8, 4) is 0 Å². The van der Waals surface area contributed by atoms with Gasteiger partial charge in [0.25, 0.3) is 0 Å². The van der Waals surface area contributed by atoms with Crippen LogP contribution in [0.4, 0.5) is 4.39 Å². The third-order valence-electron chi connectivity index (χ3n) is 1.59. The monoisotopic (exact) mass is 210 g/mol. The van der Waals surface area contributed by atoms with Gasteiger partial charge in [0.1, 0.15) is 6.10 Å². The van der Waals surface area contributed by atoms with Crippen molar-refractivity contribution in [2.75, 3.05) is 6.61 Å². The number of rotatable bonds is 4. The molecule has 1 fully saturated rings. The predicted molar refractivity (Wildman–Crippen MR) is 42.0 cm³/mol. The van der Waals surface area contributed by atoms with E-state index in [1.165, 1.54) is 0 Å². The van der Waals surface area contributed by atoms with Crippen LogP contribution in [0, 0.1) is 0 Å². The maximum Gasteiger partial charge on any atom is 0.193 e. The minimum Gasteiger partial charge on any atom is -0.374 e. The Morgan fingerprint density at radius 1 is 1.80 bits per heavy atom. The molecule has 10 heavy (non-hydrogen) atoms. The Morgan fingerprint density at radius 2 is 2.40 bits per heavy atom. The van der Waals surface area contributed by atoms with Crippen LogP contribution in [0.2, 0.25) is 0 Å². The largest absolute Gasteiger partial charge is 0.374 e. The Bertz CT molecular complexity index is 116. The van der Waals surface area contributed by atoms with Gasteiger partial charge in [-0.3, -0.25) is 0 Å². The highest BCUT2D eigenvalue weighted by Gasteiger charge is 2.54. The van der Waals surface area contributed by atoms with E-state index in [0.717, 1.165) is 12.8 Å². The predicted octanol–water partition coefficient (Wildman–Crippen LogP) is 2.64. The van der Waals surface area contributed by atoms with Gasteiger partial charge in [0.2, 0.25) is 0 Å². The summed E-state index contributed by atoms with van der Waals surface area (Å²) in [4.78, 5) is 0. The lowest BCUT2D eigenvalue weighted by molar-refractivity contribution is 0.0952. The molecule has 0 aromatic rings. The van der Waals surface area contributed by atoms with E-state index in [2.05, 4.69) is 22.9 Å². The molecular formula is C7H12BrFO. The van der Waals surface area contributed by atoms with Gasteiger partial charge in [-0.15, -0.1) is 0 Å². The molecule has 0 radical (unpaired) electrons. The highest BCUT2D eigenvalue weighted by molar-refractivity contribution is 9.10. The maximum atomic E-state index is 12.7. The second-order valence-corrected chi connectivity index (χ2v) is 4.00. The van der Waals surface area contributed by atoms with E-state index in [1.807, 2.05) is 0 Å². The van der Waals surface area contributed by atoms with Gasteiger partial charge in [0.05, 0.1) is 0 Å². The minimum atomic E-state index is -1.19. The van der Waals surface area contributed by atoms with Gasteiger partial charge in [-0.1, -0.05) is 13.3 Å². The Kier molecular flexibility index (Phi) is 2.69. The van der Waals surface area contributed by atoms with Crippen molar-refractivity contribution in [3.05, 3.63) is 0 Å². The molecule has 1 aliphatic carbocycles. The van der Waals surface area contributed by atoms with Crippen molar-refractivity contribution in [3.63, 3.8) is 0 Å². The molecule has 0 bridgehead atoms. The van der Waals surface area contributed by atoms with E-state index in [0.29, 0.717) is 13.0 Å². The smallest absolute Gasteiger partial charge is 0.193 e. The molecule has 0 aliphatic heterocycles. The van der Waals surface area contributed by atoms with Crippen molar-refractivity contribution in [1.82, 2.24) is 0 Å². The lowest BCUT2D eigenvalue weighted by Gasteiger charge is -2.00. The molecule has 0 saturated heterocycles. The Morgan fingerprint density at radius 3 is 2.80 bits per heavy atom. The quantitative estimate of drug-likeness (QED) is 0.513. The maximum absolute atomic E-state index is 12.7. The van der Waals surface area contributed by atoms with Crippen molar-refractivity contribution in [1.29, 1.82) is 0 Å². The van der Waals surface area contributed by atoms with Crippen LogP contribution in [-0.4, -0.2) is 17.3 Å². The van der Waals surface area contributed by atoms with E-state index in [4.69, 9.17) is 4.74 Å². The van der Waals surface area contributed by atoms with Crippen LogP contribution in [0.25, 0.3) is 0 Å². The van der Waals surface area contributed by atoms with E-state index >= 15 is 0 Å². The molecule has 0 aromatic carbocycles. The first-order valence-electron chi connectivity index (χ1n) is 3.66. The summed E-state index contributed by atoms with van der Waals surface area (Å²) >= 11 is 2.91. The molecule has 0 N–H and O–H groups in total. The highest BCUT2D eigenvalue weighted by atomic mass is 79.9. The van der Waals surface area contributed by atoms with E-state index < -0.39 is 4.58 Å². The van der Waals surface area contributed by atoms with Crippen LogP contribution >= 0.6 is 15.9 Å². The van der Waals surface area contributed by atoms with Gasteiger partial charge in [-0.2, -0.15) is 0 Å². The van der Waals surface area contributed by atoms with Crippen LogP contribution < -0.4 is 0 Å². The van der Waals surface area contributed by atoms with Crippen molar-refractivity contribution in [2.24, 2.45) is 0 Å². The fourth-order valence-corrected chi connectivity index (χ4v) is 1.17. The number of alkyl halides is 2. The SMILES string of the molecule is CCCCOC1CC1(F)Br. The number of ether oxygens (including phenoxy) is 1. The fourth-order valence-electron chi connectivity index (χ4n) is 0.739. The number of hydrogen-bond donors (Lipinski definition) is 0. The molecule has 0 amide bonds. The van der Waals surface area contributed by atoms with Crippen LogP contribution in [0.5, 0.6) is 0 Å². The zero-order chi connectivity index (χ0) is 7.61. The molecule has 2 unspecified atom stereocenters. The summed E-state index contributed by atoms with van der Waals surface area (Å²) in [5, 5.41) is 0. The highest BCUT2D eigenvalue weighted by Crippen LogP contribution is 2.48. The Labute approximate surface area is 69.1 Å². The zero-order valence-electron chi connectivity index (χ0n) is 6.07. The average Bonchev–Trinajstić information content (AvgIpc) is 2.41. The molecule has 0 aromatic heterocycles. The zero-order valence-corrected chi connectivity index (χ0v) is 7.66. The molecule has 3 heteroatoms. The van der Waals surface area contributed by atoms with Crippen molar-refractivity contribution < 1.29 is 9.13 Å². The first-order valence-corrected chi connectivity index (χ1v) is 4.45. The fraction of sp³-hybridized carbons (Fsp3) is 1.00. The van der Waals surface area contributed by atoms with Gasteiger partial charge in [0.15, 0.2) is 4.58 Å². The van der Waals surface area contributed by atoms with Gasteiger partial charge in [-0.05, 0) is 22.4 Å². The molecule has 0 heterocycles.